The summed E-state index contributed by atoms with van der Waals surface area (Å²) in [4.78, 5) is 13.0. The molecule has 1 aromatic carbocycles. The highest BCUT2D eigenvalue weighted by molar-refractivity contribution is 7.80. The molecule has 0 heterocycles. The van der Waals surface area contributed by atoms with Crippen molar-refractivity contribution in [3.05, 3.63) is 23.2 Å². The van der Waals surface area contributed by atoms with Gasteiger partial charge in [0, 0.05) is 6.07 Å². The Kier molecular flexibility index (Phi) is 5.06. The first-order valence-electron chi connectivity index (χ1n) is 6.94. The number of carbonyl (C=O) groups is 1. The van der Waals surface area contributed by atoms with Crippen LogP contribution in [0.25, 0.3) is 0 Å². The highest BCUT2D eigenvalue weighted by Gasteiger charge is 2.42. The van der Waals surface area contributed by atoms with Gasteiger partial charge in [0.2, 0.25) is 5.91 Å². The Morgan fingerprint density at radius 2 is 2.05 bits per heavy atom. The van der Waals surface area contributed by atoms with Crippen molar-refractivity contribution in [2.75, 3.05) is 12.4 Å². The zero-order valence-corrected chi connectivity index (χ0v) is 13.5. The molecule has 4 nitrogen and oxygen atoms in total. The fourth-order valence-electron chi connectivity index (χ4n) is 2.71. The van der Waals surface area contributed by atoms with Crippen LogP contribution in [0.3, 0.4) is 0 Å². The number of thiocarbonyl (C=S) groups is 1. The maximum atomic E-state index is 12.7. The molecule has 1 amide bonds. The Bertz CT molecular complexity index is 557. The maximum absolute atomic E-state index is 12.7. The van der Waals surface area contributed by atoms with Gasteiger partial charge in [0.1, 0.15) is 5.75 Å². The normalized spacial score (nSPS) is 17.0. The highest BCUT2D eigenvalue weighted by Crippen LogP contribution is 2.38. The lowest BCUT2D eigenvalue weighted by Gasteiger charge is -2.34. The zero-order valence-electron chi connectivity index (χ0n) is 11.9. The Labute approximate surface area is 135 Å². The van der Waals surface area contributed by atoms with Gasteiger partial charge in [-0.15, -0.1) is 0 Å². The Hall–Kier alpha value is -1.33. The van der Waals surface area contributed by atoms with Crippen molar-refractivity contribution in [3.8, 4) is 5.75 Å². The van der Waals surface area contributed by atoms with Crippen LogP contribution in [-0.4, -0.2) is 18.0 Å². The van der Waals surface area contributed by atoms with Crippen molar-refractivity contribution >= 4 is 40.4 Å². The number of hydrogen-bond acceptors (Lipinski definition) is 3. The number of benzene rings is 1. The van der Waals surface area contributed by atoms with Crippen molar-refractivity contribution in [2.45, 2.75) is 32.1 Å². The van der Waals surface area contributed by atoms with Gasteiger partial charge in [-0.2, -0.15) is 0 Å². The van der Waals surface area contributed by atoms with Crippen LogP contribution in [0.5, 0.6) is 5.75 Å². The van der Waals surface area contributed by atoms with Gasteiger partial charge in [-0.25, -0.2) is 0 Å². The van der Waals surface area contributed by atoms with E-state index in [9.17, 15) is 4.79 Å². The number of halogens is 1. The molecule has 0 atom stereocenters. The summed E-state index contributed by atoms with van der Waals surface area (Å²) in [5.41, 5.74) is 5.62. The van der Waals surface area contributed by atoms with Crippen LogP contribution in [0.2, 0.25) is 5.02 Å². The lowest BCUT2D eigenvalue weighted by atomic mass is 9.73. The van der Waals surface area contributed by atoms with E-state index < -0.39 is 5.41 Å². The van der Waals surface area contributed by atoms with E-state index in [1.54, 1.807) is 25.3 Å². The van der Waals surface area contributed by atoms with Crippen molar-refractivity contribution in [2.24, 2.45) is 11.1 Å². The van der Waals surface area contributed by atoms with E-state index in [4.69, 9.17) is 34.3 Å². The minimum absolute atomic E-state index is 0.176. The minimum Gasteiger partial charge on any atom is -0.497 e. The predicted octanol–water partition coefficient (Wildman–Crippen LogP) is 3.52. The molecule has 0 unspecified atom stereocenters. The summed E-state index contributed by atoms with van der Waals surface area (Å²) in [5.74, 6) is 0.451. The van der Waals surface area contributed by atoms with Crippen molar-refractivity contribution < 1.29 is 9.53 Å². The number of ether oxygens (including phenoxy) is 1. The molecule has 2 rings (SSSR count). The van der Waals surface area contributed by atoms with E-state index in [1.807, 2.05) is 0 Å². The van der Waals surface area contributed by atoms with Gasteiger partial charge in [0.15, 0.2) is 0 Å². The topological polar surface area (TPSA) is 64.3 Å². The van der Waals surface area contributed by atoms with E-state index in [-0.39, 0.29) is 10.9 Å². The van der Waals surface area contributed by atoms with Gasteiger partial charge < -0.3 is 15.8 Å². The molecule has 0 aliphatic heterocycles. The zero-order chi connectivity index (χ0) is 15.5. The molecular weight excluding hydrogens is 308 g/mol. The van der Waals surface area contributed by atoms with Gasteiger partial charge in [0.05, 0.1) is 28.2 Å². The van der Waals surface area contributed by atoms with Crippen molar-refractivity contribution in [1.29, 1.82) is 0 Å². The summed E-state index contributed by atoms with van der Waals surface area (Å²) in [6, 6.07) is 5.11. The van der Waals surface area contributed by atoms with Gasteiger partial charge in [-0.1, -0.05) is 43.1 Å². The van der Waals surface area contributed by atoms with Crippen LogP contribution in [-0.2, 0) is 4.79 Å². The quantitative estimate of drug-likeness (QED) is 0.831. The Balaban J connectivity index is 2.25. The Morgan fingerprint density at radius 3 is 2.62 bits per heavy atom. The fraction of sp³-hybridized carbons (Fsp3) is 0.467. The summed E-state index contributed by atoms with van der Waals surface area (Å²) in [6.45, 7) is 0. The predicted molar refractivity (Wildman–Crippen MR) is 88.9 cm³/mol. The summed E-state index contributed by atoms with van der Waals surface area (Å²) >= 11 is 11.3. The third kappa shape index (κ3) is 3.30. The van der Waals surface area contributed by atoms with Crippen LogP contribution in [0.15, 0.2) is 18.2 Å². The molecule has 1 fully saturated rings. The second kappa shape index (κ2) is 6.62. The van der Waals surface area contributed by atoms with Gasteiger partial charge in [-0.05, 0) is 25.0 Å². The summed E-state index contributed by atoms with van der Waals surface area (Å²) in [6.07, 6.45) is 4.40. The van der Waals surface area contributed by atoms with E-state index >= 15 is 0 Å². The molecule has 1 aromatic rings. The number of rotatable bonds is 4. The molecule has 1 saturated carbocycles. The molecule has 1 aliphatic rings. The maximum Gasteiger partial charge on any atom is 0.237 e. The van der Waals surface area contributed by atoms with Gasteiger partial charge >= 0.3 is 0 Å². The Morgan fingerprint density at radius 1 is 1.38 bits per heavy atom. The van der Waals surface area contributed by atoms with E-state index in [2.05, 4.69) is 5.32 Å². The molecule has 0 radical (unpaired) electrons. The van der Waals surface area contributed by atoms with Gasteiger partial charge in [-0.3, -0.25) is 4.79 Å². The molecule has 0 saturated heterocycles. The monoisotopic (exact) mass is 326 g/mol. The van der Waals surface area contributed by atoms with Crippen molar-refractivity contribution in [1.82, 2.24) is 0 Å². The van der Waals surface area contributed by atoms with Crippen LogP contribution in [0.1, 0.15) is 32.1 Å². The molecule has 1 aliphatic carbocycles. The molecule has 0 spiro atoms. The largest absolute Gasteiger partial charge is 0.497 e. The van der Waals surface area contributed by atoms with Gasteiger partial charge in [0.25, 0.3) is 0 Å². The number of hydrogen-bond donors (Lipinski definition) is 2. The first-order chi connectivity index (χ1) is 9.99. The summed E-state index contributed by atoms with van der Waals surface area (Å²) in [7, 11) is 1.56. The molecular formula is C15H19ClN2O2S. The highest BCUT2D eigenvalue weighted by atomic mass is 35.5. The van der Waals surface area contributed by atoms with Crippen LogP contribution >= 0.6 is 23.8 Å². The van der Waals surface area contributed by atoms with E-state index in [0.29, 0.717) is 29.3 Å². The molecule has 3 N–H and O–H groups in total. The SMILES string of the molecule is COc1ccc(Cl)c(NC(=O)C2(C(N)=S)CCCCC2)c1. The average molecular weight is 327 g/mol. The van der Waals surface area contributed by atoms with Crippen LogP contribution in [0.4, 0.5) is 5.69 Å². The number of methoxy groups -OCH3 is 1. The molecule has 114 valence electrons. The first-order valence-corrected chi connectivity index (χ1v) is 7.73. The van der Waals surface area contributed by atoms with E-state index in [0.717, 1.165) is 19.3 Å². The molecule has 0 aromatic heterocycles. The lowest BCUT2D eigenvalue weighted by Crippen LogP contribution is -2.47. The van der Waals surface area contributed by atoms with Crippen LogP contribution < -0.4 is 15.8 Å². The minimum atomic E-state index is -0.764. The van der Waals surface area contributed by atoms with E-state index in [1.165, 1.54) is 0 Å². The molecule has 0 bridgehead atoms. The third-order valence-corrected chi connectivity index (χ3v) is 4.76. The molecule has 6 heteroatoms. The first kappa shape index (κ1) is 16.0. The second-order valence-electron chi connectivity index (χ2n) is 5.31. The second-order valence-corrected chi connectivity index (χ2v) is 6.15. The standard InChI is InChI=1S/C15H19ClN2O2S/c1-20-10-5-6-11(16)12(9-10)18-14(19)15(13(17)21)7-3-2-4-8-15/h5-6,9H,2-4,7-8H2,1H3,(H2,17,21)(H,18,19). The number of anilines is 1. The number of carbonyl (C=O) groups excluding carboxylic acids is 1. The number of nitrogens with one attached hydrogen (secondary N) is 1. The van der Waals surface area contributed by atoms with Crippen LogP contribution in [0, 0.1) is 5.41 Å². The lowest BCUT2D eigenvalue weighted by molar-refractivity contribution is -0.123. The average Bonchev–Trinajstić information content (AvgIpc) is 2.49. The third-order valence-electron chi connectivity index (χ3n) is 4.04. The smallest absolute Gasteiger partial charge is 0.237 e. The number of nitrogens with two attached hydrogens (primary N) is 1. The van der Waals surface area contributed by atoms with Crippen molar-refractivity contribution in [3.63, 3.8) is 0 Å². The fourth-order valence-corrected chi connectivity index (χ4v) is 3.17. The number of amides is 1. The summed E-state index contributed by atoms with van der Waals surface area (Å²) in [5, 5.41) is 3.31. The molecule has 21 heavy (non-hydrogen) atoms. The summed E-state index contributed by atoms with van der Waals surface area (Å²) < 4.78 is 5.15.